The molecule has 0 aliphatic carbocycles. The van der Waals surface area contributed by atoms with Gasteiger partial charge < -0.3 is 0 Å². The normalized spacial score (nSPS) is 11.9. The molecule has 0 heterocycles. The van der Waals surface area contributed by atoms with Crippen LogP contribution in [0.15, 0.2) is 47.4 Å². The number of hydrogen-bond acceptors (Lipinski definition) is 2. The number of hydrogen-bond donors (Lipinski definition) is 0. The van der Waals surface area contributed by atoms with E-state index in [4.69, 9.17) is 11.6 Å². The Balaban J connectivity index is 2.38. The van der Waals surface area contributed by atoms with Crippen LogP contribution in [0, 0.1) is 11.6 Å². The Morgan fingerprint density at radius 2 is 1.62 bits per heavy atom. The van der Waals surface area contributed by atoms with Gasteiger partial charge in [-0.3, -0.25) is 0 Å². The first-order chi connectivity index (χ1) is 9.84. The van der Waals surface area contributed by atoms with Crippen molar-refractivity contribution in [1.82, 2.24) is 4.31 Å². The molecule has 0 fully saturated rings. The van der Waals surface area contributed by atoms with Crippen LogP contribution in [-0.4, -0.2) is 19.8 Å². The van der Waals surface area contributed by atoms with Crippen molar-refractivity contribution < 1.29 is 17.2 Å². The molecule has 0 unspecified atom stereocenters. The second kappa shape index (κ2) is 6.09. The monoisotopic (exact) mass is 331 g/mol. The summed E-state index contributed by atoms with van der Waals surface area (Å²) in [4.78, 5) is -0.959. The molecule has 3 nitrogen and oxygen atoms in total. The first kappa shape index (κ1) is 15.9. The molecular weight excluding hydrogens is 320 g/mol. The SMILES string of the molecule is CN(Cc1ccccc1Cl)S(=O)(=O)c1c(F)cccc1F. The van der Waals surface area contributed by atoms with E-state index < -0.39 is 26.6 Å². The fourth-order valence-corrected chi connectivity index (χ4v) is 3.28. The Bertz CT molecular complexity index is 745. The largest absolute Gasteiger partial charge is 0.248 e. The third kappa shape index (κ3) is 3.23. The molecule has 0 N–H and O–H groups in total. The number of nitrogens with zero attached hydrogens (tertiary/aromatic N) is 1. The highest BCUT2D eigenvalue weighted by Gasteiger charge is 2.28. The molecule has 2 aromatic rings. The van der Waals surface area contributed by atoms with Gasteiger partial charge in [0.05, 0.1) is 0 Å². The summed E-state index contributed by atoms with van der Waals surface area (Å²) in [5, 5.41) is 0.383. The van der Waals surface area contributed by atoms with E-state index in [1.165, 1.54) is 7.05 Å². The van der Waals surface area contributed by atoms with Gasteiger partial charge in [-0.2, -0.15) is 4.31 Å². The van der Waals surface area contributed by atoms with E-state index in [0.29, 0.717) is 10.6 Å². The Morgan fingerprint density at radius 3 is 2.19 bits per heavy atom. The van der Waals surface area contributed by atoms with Gasteiger partial charge in [-0.1, -0.05) is 35.9 Å². The summed E-state index contributed by atoms with van der Waals surface area (Å²) in [6.07, 6.45) is 0. The quantitative estimate of drug-likeness (QED) is 0.860. The predicted molar refractivity (Wildman–Crippen MR) is 76.5 cm³/mol. The van der Waals surface area contributed by atoms with Gasteiger partial charge in [0, 0.05) is 18.6 Å². The Labute approximate surface area is 126 Å². The average molecular weight is 332 g/mol. The van der Waals surface area contributed by atoms with E-state index in [-0.39, 0.29) is 6.54 Å². The van der Waals surface area contributed by atoms with Crippen LogP contribution in [0.2, 0.25) is 5.02 Å². The third-order valence-corrected chi connectivity index (χ3v) is 5.16. The zero-order valence-electron chi connectivity index (χ0n) is 11.1. The summed E-state index contributed by atoms with van der Waals surface area (Å²) in [5.41, 5.74) is 0.544. The number of sulfonamides is 1. The number of halogens is 3. The van der Waals surface area contributed by atoms with Gasteiger partial charge in [0.15, 0.2) is 4.90 Å². The zero-order chi connectivity index (χ0) is 15.6. The summed E-state index contributed by atoms with van der Waals surface area (Å²) in [5.74, 6) is -2.25. The maximum absolute atomic E-state index is 13.7. The van der Waals surface area contributed by atoms with Crippen molar-refractivity contribution in [3.63, 3.8) is 0 Å². The molecule has 0 amide bonds. The van der Waals surface area contributed by atoms with Crippen LogP contribution in [0.3, 0.4) is 0 Å². The minimum atomic E-state index is -4.29. The maximum Gasteiger partial charge on any atom is 0.248 e. The fourth-order valence-electron chi connectivity index (χ4n) is 1.84. The van der Waals surface area contributed by atoms with Gasteiger partial charge in [-0.15, -0.1) is 0 Å². The van der Waals surface area contributed by atoms with Crippen molar-refractivity contribution in [2.75, 3.05) is 7.05 Å². The molecular formula is C14H12ClF2NO2S. The van der Waals surface area contributed by atoms with Crippen molar-refractivity contribution >= 4 is 21.6 Å². The van der Waals surface area contributed by atoms with Gasteiger partial charge in [-0.05, 0) is 23.8 Å². The minimum Gasteiger partial charge on any atom is -0.207 e. The van der Waals surface area contributed by atoms with Crippen LogP contribution in [0.1, 0.15) is 5.56 Å². The smallest absolute Gasteiger partial charge is 0.207 e. The van der Waals surface area contributed by atoms with Gasteiger partial charge >= 0.3 is 0 Å². The molecule has 21 heavy (non-hydrogen) atoms. The lowest BCUT2D eigenvalue weighted by atomic mass is 10.2. The lowest BCUT2D eigenvalue weighted by Gasteiger charge is -2.18. The molecule has 0 aromatic heterocycles. The molecule has 0 spiro atoms. The average Bonchev–Trinajstić information content (AvgIpc) is 2.40. The molecule has 0 aliphatic heterocycles. The summed E-state index contributed by atoms with van der Waals surface area (Å²) in [7, 11) is -3.05. The van der Waals surface area contributed by atoms with Crippen LogP contribution in [0.25, 0.3) is 0 Å². The summed E-state index contributed by atoms with van der Waals surface area (Å²) in [6, 6.07) is 9.58. The van der Waals surface area contributed by atoms with Gasteiger partial charge in [-0.25, -0.2) is 17.2 Å². The Morgan fingerprint density at radius 1 is 1.05 bits per heavy atom. The summed E-state index contributed by atoms with van der Waals surface area (Å²) in [6.45, 7) is -0.0875. The standard InChI is InChI=1S/C14H12ClF2NO2S/c1-18(9-10-5-2-3-6-11(10)15)21(19,20)14-12(16)7-4-8-13(14)17/h2-8H,9H2,1H3. The van der Waals surface area contributed by atoms with Crippen LogP contribution >= 0.6 is 11.6 Å². The second-order valence-corrected chi connectivity index (χ2v) is 6.79. The van der Waals surface area contributed by atoms with Gasteiger partial charge in [0.1, 0.15) is 11.6 Å². The highest BCUT2D eigenvalue weighted by molar-refractivity contribution is 7.89. The van der Waals surface area contributed by atoms with Crippen LogP contribution in [0.4, 0.5) is 8.78 Å². The minimum absolute atomic E-state index is 0.0875. The van der Waals surface area contributed by atoms with E-state index in [1.807, 2.05) is 0 Å². The fraction of sp³-hybridized carbons (Fsp3) is 0.143. The lowest BCUT2D eigenvalue weighted by Crippen LogP contribution is -2.28. The number of benzene rings is 2. The summed E-state index contributed by atoms with van der Waals surface area (Å²) < 4.78 is 52.7. The molecule has 0 aliphatic rings. The molecule has 0 saturated carbocycles. The van der Waals surface area contributed by atoms with Gasteiger partial charge in [0.2, 0.25) is 10.0 Å². The van der Waals surface area contributed by atoms with E-state index in [2.05, 4.69) is 0 Å². The van der Waals surface area contributed by atoms with Crippen LogP contribution in [0.5, 0.6) is 0 Å². The van der Waals surface area contributed by atoms with Crippen molar-refractivity contribution in [1.29, 1.82) is 0 Å². The number of rotatable bonds is 4. The van der Waals surface area contributed by atoms with Crippen LogP contribution < -0.4 is 0 Å². The van der Waals surface area contributed by atoms with E-state index >= 15 is 0 Å². The molecule has 0 saturated heterocycles. The molecule has 2 aromatic carbocycles. The molecule has 0 radical (unpaired) electrons. The third-order valence-electron chi connectivity index (χ3n) is 2.94. The highest BCUT2D eigenvalue weighted by Crippen LogP contribution is 2.24. The van der Waals surface area contributed by atoms with Crippen LogP contribution in [-0.2, 0) is 16.6 Å². The molecule has 0 atom stereocenters. The molecule has 2 rings (SSSR count). The lowest BCUT2D eigenvalue weighted by molar-refractivity contribution is 0.448. The van der Waals surface area contributed by atoms with Crippen molar-refractivity contribution in [3.05, 3.63) is 64.7 Å². The maximum atomic E-state index is 13.7. The molecule has 7 heteroatoms. The van der Waals surface area contributed by atoms with Crippen molar-refractivity contribution in [3.8, 4) is 0 Å². The topological polar surface area (TPSA) is 37.4 Å². The molecule has 112 valence electrons. The predicted octanol–water partition coefficient (Wildman–Crippen LogP) is 3.44. The molecule has 0 bridgehead atoms. The van der Waals surface area contributed by atoms with Crippen molar-refractivity contribution in [2.24, 2.45) is 0 Å². The van der Waals surface area contributed by atoms with E-state index in [9.17, 15) is 17.2 Å². The first-order valence-electron chi connectivity index (χ1n) is 5.98. The van der Waals surface area contributed by atoms with Crippen molar-refractivity contribution in [2.45, 2.75) is 11.4 Å². The summed E-state index contributed by atoms with van der Waals surface area (Å²) >= 11 is 5.96. The first-order valence-corrected chi connectivity index (χ1v) is 7.79. The Hall–Kier alpha value is -1.50. The van der Waals surface area contributed by atoms with E-state index in [0.717, 1.165) is 22.5 Å². The van der Waals surface area contributed by atoms with E-state index in [1.54, 1.807) is 24.3 Å². The van der Waals surface area contributed by atoms with Gasteiger partial charge in [0.25, 0.3) is 0 Å². The Kier molecular flexibility index (Phi) is 4.61. The zero-order valence-corrected chi connectivity index (χ0v) is 12.6. The highest BCUT2D eigenvalue weighted by atomic mass is 35.5. The second-order valence-electron chi connectivity index (χ2n) is 4.40.